The van der Waals surface area contributed by atoms with E-state index in [2.05, 4.69) is 16.4 Å². The molecule has 3 rings (SSSR count). The second kappa shape index (κ2) is 5.86. The number of hydrogen-bond acceptors (Lipinski definition) is 4. The molecule has 0 bridgehead atoms. The fourth-order valence-corrected chi connectivity index (χ4v) is 1.86. The van der Waals surface area contributed by atoms with Crippen LogP contribution in [0.3, 0.4) is 0 Å². The minimum absolute atomic E-state index is 0.101. The second-order valence-corrected chi connectivity index (χ2v) is 4.49. The number of ether oxygens (including phenoxy) is 1. The normalized spacial score (nSPS) is 13.7. The van der Waals surface area contributed by atoms with Gasteiger partial charge in [0.15, 0.2) is 5.82 Å². The number of urea groups is 1. The number of rotatable bonds is 4. The van der Waals surface area contributed by atoms with E-state index in [0.29, 0.717) is 5.75 Å². The van der Waals surface area contributed by atoms with E-state index in [-0.39, 0.29) is 18.1 Å². The summed E-state index contributed by atoms with van der Waals surface area (Å²) in [6.45, 7) is 0.188. The van der Waals surface area contributed by atoms with E-state index in [4.69, 9.17) is 4.74 Å². The highest BCUT2D eigenvalue weighted by molar-refractivity contribution is 5.77. The van der Waals surface area contributed by atoms with Crippen LogP contribution in [-0.4, -0.2) is 6.03 Å². The summed E-state index contributed by atoms with van der Waals surface area (Å²) in [5.41, 5.74) is 8.82. The monoisotopic (exact) mass is 305 g/mol. The number of hydrogen-bond donors (Lipinski definition) is 2. The molecule has 1 heterocycles. The summed E-state index contributed by atoms with van der Waals surface area (Å²) in [5, 5.41) is 1.06. The lowest BCUT2D eigenvalue weighted by molar-refractivity contribution is 0.246. The zero-order chi connectivity index (χ0) is 15.5. The molecule has 0 unspecified atom stereocenters. The van der Waals surface area contributed by atoms with E-state index in [1.54, 1.807) is 18.2 Å². The van der Waals surface area contributed by atoms with Crippen LogP contribution in [0.5, 0.6) is 5.75 Å². The van der Waals surface area contributed by atoms with E-state index in [1.807, 2.05) is 0 Å². The Bertz CT molecular complexity index is 694. The van der Waals surface area contributed by atoms with E-state index < -0.39 is 11.8 Å². The van der Waals surface area contributed by atoms with Gasteiger partial charge in [0, 0.05) is 6.07 Å². The van der Waals surface area contributed by atoms with Crippen LogP contribution < -0.4 is 26.2 Å². The quantitative estimate of drug-likeness (QED) is 0.907. The Labute approximate surface area is 124 Å². The van der Waals surface area contributed by atoms with Gasteiger partial charge in [0.2, 0.25) is 0 Å². The van der Waals surface area contributed by atoms with Crippen LogP contribution in [0.15, 0.2) is 42.5 Å². The van der Waals surface area contributed by atoms with Gasteiger partial charge in [0.1, 0.15) is 23.9 Å². The summed E-state index contributed by atoms with van der Waals surface area (Å²) in [6.07, 6.45) is 0. The number of amides is 2. The number of hydrazine groups is 2. The summed E-state index contributed by atoms with van der Waals surface area (Å²) in [5.74, 6) is -0.612. The predicted octanol–water partition coefficient (Wildman–Crippen LogP) is 2.01. The average Bonchev–Trinajstić information content (AvgIpc) is 2.93. The number of benzene rings is 2. The molecule has 1 radical (unpaired) electrons. The number of carbonyl (C=O) groups is 1. The Morgan fingerprint density at radius 2 is 1.91 bits per heavy atom. The lowest BCUT2D eigenvalue weighted by atomic mass is 10.2. The fourth-order valence-electron chi connectivity index (χ4n) is 1.86. The van der Waals surface area contributed by atoms with Crippen molar-refractivity contribution < 1.29 is 18.3 Å². The van der Waals surface area contributed by atoms with Gasteiger partial charge >= 0.3 is 6.03 Å². The van der Waals surface area contributed by atoms with Crippen LogP contribution in [0.4, 0.5) is 19.3 Å². The maximum Gasteiger partial charge on any atom is 0.374 e. The SMILES string of the molecule is O=C1[N]NN(c2ccc(OCc3ccc(F)cc3)cc2F)N1. The first-order chi connectivity index (χ1) is 10.6. The Morgan fingerprint density at radius 3 is 2.55 bits per heavy atom. The summed E-state index contributed by atoms with van der Waals surface area (Å²) in [4.78, 5) is 10.9. The van der Waals surface area contributed by atoms with Crippen LogP contribution in [0.1, 0.15) is 5.56 Å². The second-order valence-electron chi connectivity index (χ2n) is 4.49. The van der Waals surface area contributed by atoms with Crippen LogP contribution >= 0.6 is 0 Å². The molecule has 0 spiro atoms. The lowest BCUT2D eigenvalue weighted by Crippen LogP contribution is -2.39. The van der Waals surface area contributed by atoms with Gasteiger partial charge < -0.3 is 4.74 Å². The third-order valence-corrected chi connectivity index (χ3v) is 2.94. The predicted molar refractivity (Wildman–Crippen MR) is 73.4 cm³/mol. The van der Waals surface area contributed by atoms with Crippen molar-refractivity contribution in [1.29, 1.82) is 0 Å². The third-order valence-electron chi connectivity index (χ3n) is 2.94. The van der Waals surface area contributed by atoms with Crippen molar-refractivity contribution >= 4 is 11.7 Å². The van der Waals surface area contributed by atoms with Gasteiger partial charge in [-0.1, -0.05) is 17.7 Å². The summed E-state index contributed by atoms with van der Waals surface area (Å²) >= 11 is 0. The molecule has 8 heteroatoms. The number of nitrogens with zero attached hydrogens (tertiary/aromatic N) is 2. The highest BCUT2D eigenvalue weighted by Gasteiger charge is 2.22. The van der Waals surface area contributed by atoms with Gasteiger partial charge in [-0.15, -0.1) is 5.43 Å². The van der Waals surface area contributed by atoms with Gasteiger partial charge in [-0.25, -0.2) is 19.0 Å². The van der Waals surface area contributed by atoms with Crippen molar-refractivity contribution in [3.63, 3.8) is 0 Å². The van der Waals surface area contributed by atoms with Gasteiger partial charge in [-0.05, 0) is 29.8 Å². The molecule has 1 fully saturated rings. The molecule has 113 valence electrons. The first kappa shape index (κ1) is 14.1. The maximum atomic E-state index is 14.0. The molecule has 2 amide bonds. The van der Waals surface area contributed by atoms with E-state index in [0.717, 1.165) is 10.7 Å². The van der Waals surface area contributed by atoms with Crippen LogP contribution in [0.2, 0.25) is 0 Å². The molecular weight excluding hydrogens is 294 g/mol. The minimum atomic E-state index is -0.615. The third kappa shape index (κ3) is 3.07. The molecule has 0 saturated carbocycles. The van der Waals surface area contributed by atoms with Gasteiger partial charge in [0.05, 0.1) is 0 Å². The Kier molecular flexibility index (Phi) is 3.75. The number of halogens is 2. The fraction of sp³-hybridized carbons (Fsp3) is 0.0714. The average molecular weight is 305 g/mol. The highest BCUT2D eigenvalue weighted by atomic mass is 19.1. The summed E-state index contributed by atoms with van der Waals surface area (Å²) in [6, 6.07) is 9.39. The maximum absolute atomic E-state index is 14.0. The van der Waals surface area contributed by atoms with Crippen molar-refractivity contribution in [2.75, 3.05) is 5.12 Å². The van der Waals surface area contributed by atoms with Gasteiger partial charge in [-0.3, -0.25) is 0 Å². The summed E-state index contributed by atoms with van der Waals surface area (Å²) < 4.78 is 32.2. The Balaban J connectivity index is 1.66. The molecule has 1 aliphatic heterocycles. The smallest absolute Gasteiger partial charge is 0.374 e. The van der Waals surface area contributed by atoms with Crippen LogP contribution in [0.25, 0.3) is 0 Å². The Morgan fingerprint density at radius 1 is 1.14 bits per heavy atom. The topological polar surface area (TPSA) is 67.7 Å². The minimum Gasteiger partial charge on any atom is -0.489 e. The zero-order valence-corrected chi connectivity index (χ0v) is 11.2. The number of nitrogens with one attached hydrogen (secondary N) is 2. The van der Waals surface area contributed by atoms with Gasteiger partial charge in [-0.2, -0.15) is 5.12 Å². The first-order valence-corrected chi connectivity index (χ1v) is 6.36. The molecule has 2 aromatic rings. The molecule has 22 heavy (non-hydrogen) atoms. The van der Waals surface area contributed by atoms with E-state index in [1.165, 1.54) is 24.3 Å². The molecule has 6 nitrogen and oxygen atoms in total. The summed E-state index contributed by atoms with van der Waals surface area (Å²) in [7, 11) is 0. The van der Waals surface area contributed by atoms with Crippen molar-refractivity contribution in [2.45, 2.75) is 6.61 Å². The number of carbonyl (C=O) groups excluding carboxylic acids is 1. The van der Waals surface area contributed by atoms with Crippen molar-refractivity contribution in [3.8, 4) is 5.75 Å². The van der Waals surface area contributed by atoms with E-state index in [9.17, 15) is 13.6 Å². The first-order valence-electron chi connectivity index (χ1n) is 6.36. The molecule has 0 atom stereocenters. The Hall–Kier alpha value is -2.87. The molecule has 1 aliphatic rings. The lowest BCUT2D eigenvalue weighted by Gasteiger charge is -2.16. The van der Waals surface area contributed by atoms with Crippen molar-refractivity contribution in [2.24, 2.45) is 0 Å². The van der Waals surface area contributed by atoms with Crippen molar-refractivity contribution in [1.82, 2.24) is 16.4 Å². The molecule has 0 aromatic heterocycles. The molecule has 1 saturated heterocycles. The molecule has 2 N–H and O–H groups in total. The molecule has 2 aromatic carbocycles. The standard InChI is InChI=1S/C14H11F2N4O2/c15-10-3-1-9(2-4-10)8-22-11-5-6-13(12(16)7-11)20-18-14(21)17-19-20/h1-7,19H,8H2,(H,18,21). The van der Waals surface area contributed by atoms with E-state index >= 15 is 0 Å². The largest absolute Gasteiger partial charge is 0.489 e. The zero-order valence-electron chi connectivity index (χ0n) is 11.2. The number of anilines is 1. The van der Waals surface area contributed by atoms with Crippen LogP contribution in [-0.2, 0) is 6.61 Å². The highest BCUT2D eigenvalue weighted by Crippen LogP contribution is 2.23. The molecular formula is C14H11F2N4O2. The molecule has 0 aliphatic carbocycles. The van der Waals surface area contributed by atoms with Gasteiger partial charge in [0.25, 0.3) is 0 Å². The van der Waals surface area contributed by atoms with Crippen LogP contribution in [0, 0.1) is 11.6 Å². The van der Waals surface area contributed by atoms with Crippen molar-refractivity contribution in [3.05, 3.63) is 59.7 Å².